The fourth-order valence-corrected chi connectivity index (χ4v) is 4.58. The standard InChI is InChI=1S/C25H22FN5/c1-2-25(13-14-25)12-11-17-6-3-9-21-18(17)7-5-15-30(21)24-29-28-23-27-16-19-20(26)8-4-10-22(19)31(23)24/h3-4,6,8-10,16H,2,5,7,13-15H2,1H3. The molecule has 0 N–H and O–H groups in total. The molecule has 1 aliphatic heterocycles. The van der Waals surface area contributed by atoms with Crippen molar-refractivity contribution in [1.29, 1.82) is 0 Å². The minimum absolute atomic E-state index is 0.231. The van der Waals surface area contributed by atoms with Gasteiger partial charge in [0.25, 0.3) is 5.78 Å². The van der Waals surface area contributed by atoms with Crippen LogP contribution in [0.2, 0.25) is 0 Å². The fourth-order valence-electron chi connectivity index (χ4n) is 4.58. The van der Waals surface area contributed by atoms with E-state index in [4.69, 9.17) is 0 Å². The van der Waals surface area contributed by atoms with Gasteiger partial charge in [-0.15, -0.1) is 10.2 Å². The molecule has 2 aliphatic rings. The van der Waals surface area contributed by atoms with Crippen LogP contribution in [0.3, 0.4) is 0 Å². The Balaban J connectivity index is 1.51. The van der Waals surface area contributed by atoms with Gasteiger partial charge in [-0.1, -0.05) is 30.9 Å². The average molecular weight is 411 g/mol. The van der Waals surface area contributed by atoms with Gasteiger partial charge in [0, 0.05) is 29.4 Å². The number of aromatic nitrogens is 4. The van der Waals surface area contributed by atoms with Crippen LogP contribution in [0.5, 0.6) is 0 Å². The van der Waals surface area contributed by atoms with E-state index in [0.29, 0.717) is 22.6 Å². The largest absolute Gasteiger partial charge is 0.310 e. The van der Waals surface area contributed by atoms with E-state index in [-0.39, 0.29) is 11.2 Å². The van der Waals surface area contributed by atoms with Gasteiger partial charge in [-0.25, -0.2) is 13.8 Å². The van der Waals surface area contributed by atoms with Crippen LogP contribution < -0.4 is 4.90 Å². The van der Waals surface area contributed by atoms with E-state index >= 15 is 0 Å². The Morgan fingerprint density at radius 3 is 2.84 bits per heavy atom. The highest BCUT2D eigenvalue weighted by Crippen LogP contribution is 2.48. The lowest BCUT2D eigenvalue weighted by Gasteiger charge is -2.30. The molecule has 4 aromatic rings. The quantitative estimate of drug-likeness (QED) is 0.434. The summed E-state index contributed by atoms with van der Waals surface area (Å²) < 4.78 is 16.2. The maximum atomic E-state index is 14.4. The maximum Gasteiger partial charge on any atom is 0.256 e. The molecule has 31 heavy (non-hydrogen) atoms. The zero-order valence-electron chi connectivity index (χ0n) is 17.4. The third kappa shape index (κ3) is 2.88. The zero-order chi connectivity index (χ0) is 21.0. The van der Waals surface area contributed by atoms with Crippen LogP contribution in [0, 0.1) is 23.1 Å². The van der Waals surface area contributed by atoms with Gasteiger partial charge in [0.2, 0.25) is 5.95 Å². The second-order valence-corrected chi connectivity index (χ2v) is 8.51. The first-order valence-electron chi connectivity index (χ1n) is 10.9. The molecular weight excluding hydrogens is 389 g/mol. The molecule has 5 nitrogen and oxygen atoms in total. The molecule has 2 aromatic heterocycles. The van der Waals surface area contributed by atoms with Gasteiger partial charge in [0.15, 0.2) is 0 Å². The molecule has 6 heteroatoms. The number of halogens is 1. The van der Waals surface area contributed by atoms with Crippen molar-refractivity contribution in [1.82, 2.24) is 19.6 Å². The monoisotopic (exact) mass is 411 g/mol. The third-order valence-electron chi connectivity index (χ3n) is 6.69. The van der Waals surface area contributed by atoms with Crippen LogP contribution in [-0.4, -0.2) is 26.1 Å². The molecule has 0 bridgehead atoms. The van der Waals surface area contributed by atoms with Gasteiger partial charge in [0.1, 0.15) is 5.82 Å². The molecule has 0 amide bonds. The Hall–Kier alpha value is -3.46. The van der Waals surface area contributed by atoms with Crippen molar-refractivity contribution in [2.75, 3.05) is 11.4 Å². The van der Waals surface area contributed by atoms with Crippen LogP contribution in [0.25, 0.3) is 16.7 Å². The first-order chi connectivity index (χ1) is 15.2. The fraction of sp³-hybridized carbons (Fsp3) is 0.320. The van der Waals surface area contributed by atoms with Gasteiger partial charge < -0.3 is 4.90 Å². The van der Waals surface area contributed by atoms with Gasteiger partial charge in [0.05, 0.1) is 10.9 Å². The second-order valence-electron chi connectivity index (χ2n) is 8.51. The van der Waals surface area contributed by atoms with E-state index in [1.165, 1.54) is 30.7 Å². The number of rotatable bonds is 2. The van der Waals surface area contributed by atoms with E-state index in [2.05, 4.69) is 57.0 Å². The first-order valence-corrected chi connectivity index (χ1v) is 10.9. The Labute approximate surface area is 179 Å². The van der Waals surface area contributed by atoms with Crippen molar-refractivity contribution in [2.24, 2.45) is 5.41 Å². The Kier molecular flexibility index (Phi) is 4.01. The smallest absolute Gasteiger partial charge is 0.256 e. The highest BCUT2D eigenvalue weighted by Gasteiger charge is 2.38. The van der Waals surface area contributed by atoms with E-state index < -0.39 is 0 Å². The van der Waals surface area contributed by atoms with Gasteiger partial charge in [-0.3, -0.25) is 0 Å². The topological polar surface area (TPSA) is 46.3 Å². The molecule has 1 aliphatic carbocycles. The van der Waals surface area contributed by atoms with Crippen LogP contribution in [0.15, 0.2) is 42.6 Å². The Bertz CT molecular complexity index is 1390. The first kappa shape index (κ1) is 18.3. The lowest BCUT2D eigenvalue weighted by atomic mass is 9.95. The maximum absolute atomic E-state index is 14.4. The number of anilines is 2. The molecular formula is C25H22FN5. The number of hydrogen-bond acceptors (Lipinski definition) is 4. The van der Waals surface area contributed by atoms with Gasteiger partial charge in [-0.2, -0.15) is 0 Å². The van der Waals surface area contributed by atoms with Crippen LogP contribution in [0.4, 0.5) is 16.0 Å². The minimum Gasteiger partial charge on any atom is -0.310 e. The molecule has 0 unspecified atom stereocenters. The lowest BCUT2D eigenvalue weighted by Crippen LogP contribution is -2.27. The lowest BCUT2D eigenvalue weighted by molar-refractivity contribution is 0.639. The summed E-state index contributed by atoms with van der Waals surface area (Å²) in [6.07, 6.45) is 7.04. The van der Waals surface area contributed by atoms with Gasteiger partial charge >= 0.3 is 0 Å². The second kappa shape index (κ2) is 6.78. The van der Waals surface area contributed by atoms with Crippen LogP contribution in [0.1, 0.15) is 43.7 Å². The molecule has 0 spiro atoms. The third-order valence-corrected chi connectivity index (χ3v) is 6.69. The number of benzene rings is 2. The normalized spacial score (nSPS) is 16.8. The van der Waals surface area contributed by atoms with Crippen LogP contribution in [-0.2, 0) is 6.42 Å². The van der Waals surface area contributed by atoms with E-state index in [0.717, 1.165) is 37.1 Å². The van der Waals surface area contributed by atoms with E-state index in [9.17, 15) is 4.39 Å². The summed E-state index contributed by atoms with van der Waals surface area (Å²) in [5.41, 5.74) is 4.40. The molecule has 3 heterocycles. The Morgan fingerprint density at radius 1 is 1.13 bits per heavy atom. The summed E-state index contributed by atoms with van der Waals surface area (Å²) in [6.45, 7) is 3.04. The van der Waals surface area contributed by atoms with Crippen molar-refractivity contribution in [2.45, 2.75) is 39.0 Å². The van der Waals surface area contributed by atoms with Crippen molar-refractivity contribution < 1.29 is 4.39 Å². The molecule has 1 fully saturated rings. The summed E-state index contributed by atoms with van der Waals surface area (Å²) in [4.78, 5) is 6.50. The predicted octanol–water partition coefficient (Wildman–Crippen LogP) is 5.04. The van der Waals surface area contributed by atoms with Gasteiger partial charge in [-0.05, 0) is 61.9 Å². The van der Waals surface area contributed by atoms with E-state index in [1.54, 1.807) is 6.07 Å². The summed E-state index contributed by atoms with van der Waals surface area (Å²) >= 11 is 0. The Morgan fingerprint density at radius 2 is 2.00 bits per heavy atom. The molecule has 154 valence electrons. The molecule has 2 aromatic carbocycles. The zero-order valence-corrected chi connectivity index (χ0v) is 17.4. The van der Waals surface area contributed by atoms with Crippen molar-refractivity contribution in [3.63, 3.8) is 0 Å². The van der Waals surface area contributed by atoms with Crippen molar-refractivity contribution in [3.05, 3.63) is 59.5 Å². The molecule has 0 atom stereocenters. The highest BCUT2D eigenvalue weighted by atomic mass is 19.1. The summed E-state index contributed by atoms with van der Waals surface area (Å²) in [7, 11) is 0. The van der Waals surface area contributed by atoms with Crippen molar-refractivity contribution in [3.8, 4) is 11.8 Å². The summed E-state index contributed by atoms with van der Waals surface area (Å²) in [5, 5.41) is 9.18. The molecule has 1 saturated carbocycles. The highest BCUT2D eigenvalue weighted by molar-refractivity contribution is 5.83. The molecule has 6 rings (SSSR count). The van der Waals surface area contributed by atoms with Crippen LogP contribution >= 0.6 is 0 Å². The molecule has 0 saturated heterocycles. The number of nitrogens with zero attached hydrogens (tertiary/aromatic N) is 5. The summed E-state index contributed by atoms with van der Waals surface area (Å²) in [5.74, 6) is 7.86. The predicted molar refractivity (Wildman–Crippen MR) is 119 cm³/mol. The molecule has 0 radical (unpaired) electrons. The summed E-state index contributed by atoms with van der Waals surface area (Å²) in [6, 6.07) is 11.3. The average Bonchev–Trinajstić information content (AvgIpc) is 3.46. The SMILES string of the molecule is CCC1(C#Cc2cccc3c2CCCN3c2nnc3ncc4c(F)cccc4n23)CC1. The number of fused-ring (bicyclic) bond motifs is 4. The number of hydrogen-bond donors (Lipinski definition) is 0. The van der Waals surface area contributed by atoms with E-state index in [1.807, 2.05) is 10.5 Å². The minimum atomic E-state index is -0.298. The van der Waals surface area contributed by atoms with Crippen molar-refractivity contribution >= 4 is 28.3 Å².